The van der Waals surface area contributed by atoms with E-state index in [9.17, 15) is 25.1 Å². The monoisotopic (exact) mass is 493 g/mol. The zero-order chi connectivity index (χ0) is 24.4. The smallest absolute Gasteiger partial charge is 0.266 e. The lowest BCUT2D eigenvalue weighted by Crippen LogP contribution is -2.59. The maximum absolute atomic E-state index is 14.0. The predicted octanol–water partition coefficient (Wildman–Crippen LogP) is 4.24. The van der Waals surface area contributed by atoms with Gasteiger partial charge in [-0.25, -0.2) is 4.90 Å². The van der Waals surface area contributed by atoms with Crippen molar-refractivity contribution in [1.82, 2.24) is 4.90 Å². The maximum atomic E-state index is 14.0. The summed E-state index contributed by atoms with van der Waals surface area (Å²) in [6.45, 7) is 1.59. The van der Waals surface area contributed by atoms with Crippen molar-refractivity contribution < 1.29 is 19.8 Å². The normalized spacial score (nSPS) is 25.7. The summed E-state index contributed by atoms with van der Waals surface area (Å²) < 4.78 is 0. The Morgan fingerprint density at radius 2 is 1.82 bits per heavy atom. The number of hydrogen-bond donors (Lipinski definition) is 2. The fourth-order valence-corrected chi connectivity index (χ4v) is 5.56. The molecule has 1 saturated heterocycles. The van der Waals surface area contributed by atoms with Crippen LogP contribution in [0.25, 0.3) is 0 Å². The SMILES string of the molecule is CC1=C(C#N)C23C(=O)N(c4ccccc4)C(=O)C2=C(O)C=CC3(O)N1Cc1ccc(Cl)cc1Cl. The Labute approximate surface area is 205 Å². The lowest BCUT2D eigenvalue weighted by Gasteiger charge is -2.44. The van der Waals surface area contributed by atoms with E-state index in [4.69, 9.17) is 23.2 Å². The number of rotatable bonds is 3. The quantitative estimate of drug-likeness (QED) is 0.619. The molecule has 2 atom stereocenters. The second kappa shape index (κ2) is 7.47. The number of halogens is 2. The van der Waals surface area contributed by atoms with Gasteiger partial charge in [-0.15, -0.1) is 0 Å². The molecule has 1 aliphatic carbocycles. The minimum Gasteiger partial charge on any atom is -0.507 e. The van der Waals surface area contributed by atoms with Crippen LogP contribution in [0.15, 0.2) is 83.3 Å². The number of benzene rings is 2. The van der Waals surface area contributed by atoms with Gasteiger partial charge in [-0.05, 0) is 48.9 Å². The number of anilines is 1. The number of para-hydroxylation sites is 1. The number of imide groups is 1. The van der Waals surface area contributed by atoms with Gasteiger partial charge in [0, 0.05) is 22.3 Å². The number of carbonyl (C=O) groups excluding carboxylic acids is 2. The molecule has 2 aromatic rings. The largest absolute Gasteiger partial charge is 0.507 e. The number of carbonyl (C=O) groups is 2. The van der Waals surface area contributed by atoms with Gasteiger partial charge in [0.25, 0.3) is 11.8 Å². The van der Waals surface area contributed by atoms with Gasteiger partial charge >= 0.3 is 0 Å². The molecular weight excluding hydrogens is 477 g/mol. The molecule has 5 rings (SSSR count). The van der Waals surface area contributed by atoms with E-state index in [0.717, 1.165) is 4.90 Å². The van der Waals surface area contributed by atoms with Crippen molar-refractivity contribution in [2.45, 2.75) is 19.2 Å². The predicted molar refractivity (Wildman–Crippen MR) is 125 cm³/mol. The number of aliphatic hydroxyl groups excluding tert-OH is 1. The van der Waals surface area contributed by atoms with E-state index in [2.05, 4.69) is 0 Å². The first kappa shape index (κ1) is 22.2. The molecule has 9 heteroatoms. The average molecular weight is 494 g/mol. The van der Waals surface area contributed by atoms with Crippen LogP contribution < -0.4 is 4.90 Å². The van der Waals surface area contributed by atoms with Crippen molar-refractivity contribution in [3.63, 3.8) is 0 Å². The number of amides is 2. The molecule has 2 unspecified atom stereocenters. The Hall–Kier alpha value is -3.57. The van der Waals surface area contributed by atoms with E-state index < -0.39 is 28.7 Å². The van der Waals surface area contributed by atoms with Crippen LogP contribution in [0.4, 0.5) is 5.69 Å². The third kappa shape index (κ3) is 2.62. The highest BCUT2D eigenvalue weighted by molar-refractivity contribution is 6.35. The summed E-state index contributed by atoms with van der Waals surface area (Å²) in [6, 6.07) is 15.1. The highest BCUT2D eigenvalue weighted by Gasteiger charge is 2.75. The van der Waals surface area contributed by atoms with E-state index in [0.29, 0.717) is 15.6 Å². The van der Waals surface area contributed by atoms with Crippen molar-refractivity contribution >= 4 is 40.7 Å². The molecule has 2 aliphatic heterocycles. The molecular formula is C25H17Cl2N3O4. The van der Waals surface area contributed by atoms with Crippen molar-refractivity contribution in [2.24, 2.45) is 5.41 Å². The minimum absolute atomic E-state index is 0.0104. The van der Waals surface area contributed by atoms with Crippen LogP contribution >= 0.6 is 23.2 Å². The van der Waals surface area contributed by atoms with Gasteiger partial charge in [0.1, 0.15) is 5.76 Å². The van der Waals surface area contributed by atoms with Gasteiger partial charge in [-0.1, -0.05) is 47.5 Å². The van der Waals surface area contributed by atoms with Crippen LogP contribution in [0.1, 0.15) is 12.5 Å². The second-order valence-electron chi connectivity index (χ2n) is 8.25. The molecule has 2 N–H and O–H groups in total. The first-order chi connectivity index (χ1) is 16.2. The van der Waals surface area contributed by atoms with Crippen molar-refractivity contribution in [3.05, 3.63) is 98.9 Å². The maximum Gasteiger partial charge on any atom is 0.266 e. The van der Waals surface area contributed by atoms with Crippen LogP contribution in [0.2, 0.25) is 10.0 Å². The standard InChI is InChI=1S/C25H17Cl2N3O4/c1-14-18(12-28)25-21(22(32)30(23(25)33)17-5-3-2-4-6-17)20(31)9-10-24(25,34)29(14)13-15-7-8-16(26)11-19(15)27/h2-11,31,34H,13H2,1H3. The van der Waals surface area contributed by atoms with Crippen LogP contribution in [0, 0.1) is 16.7 Å². The summed E-state index contributed by atoms with van der Waals surface area (Å²) in [4.78, 5) is 29.9. The molecule has 170 valence electrons. The molecule has 3 aliphatic rings. The van der Waals surface area contributed by atoms with Crippen LogP contribution in [0.3, 0.4) is 0 Å². The summed E-state index contributed by atoms with van der Waals surface area (Å²) >= 11 is 12.4. The van der Waals surface area contributed by atoms with E-state index in [1.807, 2.05) is 6.07 Å². The number of nitrogens with zero attached hydrogens (tertiary/aromatic N) is 3. The molecule has 0 bridgehead atoms. The number of allylic oxidation sites excluding steroid dienone is 2. The van der Waals surface area contributed by atoms with E-state index in [1.165, 1.54) is 17.1 Å². The third-order valence-electron chi connectivity index (χ3n) is 6.62. The Morgan fingerprint density at radius 3 is 2.47 bits per heavy atom. The van der Waals surface area contributed by atoms with Gasteiger partial charge in [0.2, 0.25) is 0 Å². The van der Waals surface area contributed by atoms with Crippen molar-refractivity contribution in [1.29, 1.82) is 5.26 Å². The lowest BCUT2D eigenvalue weighted by molar-refractivity contribution is -0.143. The zero-order valence-corrected chi connectivity index (χ0v) is 19.3. The molecule has 2 aromatic carbocycles. The summed E-state index contributed by atoms with van der Waals surface area (Å²) in [5.41, 5.74) is -3.63. The summed E-state index contributed by atoms with van der Waals surface area (Å²) in [7, 11) is 0. The van der Waals surface area contributed by atoms with Crippen LogP contribution in [-0.2, 0) is 16.1 Å². The van der Waals surface area contributed by atoms with Crippen molar-refractivity contribution in [2.75, 3.05) is 4.90 Å². The van der Waals surface area contributed by atoms with Gasteiger partial charge in [0.15, 0.2) is 11.1 Å². The van der Waals surface area contributed by atoms with Gasteiger partial charge in [0.05, 0.1) is 22.9 Å². The molecule has 0 radical (unpaired) electrons. The summed E-state index contributed by atoms with van der Waals surface area (Å²) in [5.74, 6) is -2.10. The molecule has 7 nitrogen and oxygen atoms in total. The zero-order valence-electron chi connectivity index (χ0n) is 17.8. The van der Waals surface area contributed by atoms with Gasteiger partial charge in [-0.3, -0.25) is 9.59 Å². The summed E-state index contributed by atoms with van der Waals surface area (Å²) in [6.07, 6.45) is 2.42. The number of aliphatic hydroxyl groups is 2. The fourth-order valence-electron chi connectivity index (χ4n) is 5.09. The molecule has 0 aromatic heterocycles. The highest BCUT2D eigenvalue weighted by Crippen LogP contribution is 2.62. The Kier molecular flexibility index (Phi) is 4.88. The molecule has 2 amide bonds. The highest BCUT2D eigenvalue weighted by atomic mass is 35.5. The molecule has 34 heavy (non-hydrogen) atoms. The topological polar surface area (TPSA) is 105 Å². The van der Waals surface area contributed by atoms with Crippen LogP contribution in [0.5, 0.6) is 0 Å². The van der Waals surface area contributed by atoms with E-state index in [1.54, 1.807) is 55.5 Å². The van der Waals surface area contributed by atoms with Crippen LogP contribution in [-0.4, -0.2) is 32.7 Å². The Bertz CT molecular complexity index is 1410. The van der Waals surface area contributed by atoms with Gasteiger partial charge < -0.3 is 15.1 Å². The summed E-state index contributed by atoms with van der Waals surface area (Å²) in [5, 5.41) is 33.8. The number of nitriles is 1. The molecule has 2 heterocycles. The third-order valence-corrected chi connectivity index (χ3v) is 7.21. The average Bonchev–Trinajstić information content (AvgIpc) is 3.16. The minimum atomic E-state index is -2.15. The van der Waals surface area contributed by atoms with Crippen molar-refractivity contribution in [3.8, 4) is 6.07 Å². The second-order valence-corrected chi connectivity index (χ2v) is 9.09. The van der Waals surface area contributed by atoms with E-state index in [-0.39, 0.29) is 29.1 Å². The molecule has 1 spiro atoms. The fraction of sp³-hybridized carbons (Fsp3) is 0.160. The first-order valence-corrected chi connectivity index (χ1v) is 11.1. The van der Waals surface area contributed by atoms with E-state index >= 15 is 0 Å². The lowest BCUT2D eigenvalue weighted by atomic mass is 9.66. The Morgan fingerprint density at radius 1 is 1.12 bits per heavy atom. The number of hydrogen-bond acceptors (Lipinski definition) is 6. The molecule has 0 saturated carbocycles. The Balaban J connectivity index is 1.74. The van der Waals surface area contributed by atoms with Gasteiger partial charge in [-0.2, -0.15) is 5.26 Å². The molecule has 1 fully saturated rings. The first-order valence-electron chi connectivity index (χ1n) is 10.3.